The maximum absolute atomic E-state index is 11.3. The number of aryl methyl sites for hydroxylation is 1. The second-order valence-corrected chi connectivity index (χ2v) is 4.53. The quantitative estimate of drug-likeness (QED) is 0.786. The first-order chi connectivity index (χ1) is 9.56. The molecule has 20 heavy (non-hydrogen) atoms. The summed E-state index contributed by atoms with van der Waals surface area (Å²) >= 11 is 0. The first kappa shape index (κ1) is 13.8. The Kier molecular flexibility index (Phi) is 4.14. The summed E-state index contributed by atoms with van der Waals surface area (Å²) in [5, 5.41) is 0. The zero-order valence-corrected chi connectivity index (χ0v) is 11.3. The third-order valence-electron chi connectivity index (χ3n) is 2.85. The van der Waals surface area contributed by atoms with E-state index in [1.165, 1.54) is 0 Å². The Bertz CT molecular complexity index is 597. The van der Waals surface area contributed by atoms with Gasteiger partial charge in [-0.05, 0) is 24.6 Å². The van der Waals surface area contributed by atoms with Crippen LogP contribution < -0.4 is 16.4 Å². The molecule has 0 aliphatic carbocycles. The second-order valence-electron chi connectivity index (χ2n) is 4.53. The Labute approximate surface area is 117 Å². The van der Waals surface area contributed by atoms with Crippen molar-refractivity contribution in [1.29, 1.82) is 0 Å². The number of nitrogens with zero attached hydrogens (tertiary/aromatic N) is 3. The van der Waals surface area contributed by atoms with Gasteiger partial charge < -0.3 is 16.4 Å². The van der Waals surface area contributed by atoms with Crippen molar-refractivity contribution >= 4 is 17.4 Å². The van der Waals surface area contributed by atoms with Gasteiger partial charge in [-0.2, -0.15) is 0 Å². The van der Waals surface area contributed by atoms with E-state index in [2.05, 4.69) is 9.97 Å². The number of nitrogen functional groups attached to an aromatic ring is 1. The number of hydrogen-bond acceptors (Lipinski definition) is 5. The molecule has 6 heteroatoms. The number of amides is 1. The van der Waals surface area contributed by atoms with Crippen molar-refractivity contribution in [2.45, 2.75) is 13.5 Å². The molecule has 0 radical (unpaired) electrons. The number of carbonyl (C=O) groups is 1. The molecule has 6 nitrogen and oxygen atoms in total. The number of benzene rings is 1. The number of aromatic nitrogens is 2. The molecular weight excluding hydrogens is 254 g/mol. The van der Waals surface area contributed by atoms with Gasteiger partial charge in [0.05, 0.1) is 12.2 Å². The van der Waals surface area contributed by atoms with Crippen molar-refractivity contribution in [2.75, 3.05) is 17.2 Å². The molecule has 0 aliphatic rings. The summed E-state index contributed by atoms with van der Waals surface area (Å²) in [4.78, 5) is 21.5. The van der Waals surface area contributed by atoms with Crippen molar-refractivity contribution in [2.24, 2.45) is 5.73 Å². The highest BCUT2D eigenvalue weighted by molar-refractivity contribution is 5.79. The molecule has 1 aromatic carbocycles. The normalized spacial score (nSPS) is 10.2. The maximum Gasteiger partial charge on any atom is 0.237 e. The molecule has 0 aliphatic heterocycles. The minimum atomic E-state index is -0.412. The van der Waals surface area contributed by atoms with Crippen molar-refractivity contribution in [3.63, 3.8) is 0 Å². The molecular formula is C14H17N5O. The zero-order valence-electron chi connectivity index (χ0n) is 11.3. The molecule has 0 fully saturated rings. The maximum atomic E-state index is 11.3. The summed E-state index contributed by atoms with van der Waals surface area (Å²) < 4.78 is 0. The van der Waals surface area contributed by atoms with Crippen LogP contribution in [0.15, 0.2) is 36.7 Å². The number of anilines is 2. The highest BCUT2D eigenvalue weighted by Crippen LogP contribution is 2.17. The number of rotatable bonds is 5. The minimum Gasteiger partial charge on any atom is -0.399 e. The van der Waals surface area contributed by atoms with Gasteiger partial charge >= 0.3 is 0 Å². The predicted octanol–water partition coefficient (Wildman–Crippen LogP) is 0.859. The monoisotopic (exact) mass is 271 g/mol. The van der Waals surface area contributed by atoms with Crippen molar-refractivity contribution in [1.82, 2.24) is 9.97 Å². The molecule has 104 valence electrons. The van der Waals surface area contributed by atoms with Gasteiger partial charge in [-0.15, -0.1) is 0 Å². The topological polar surface area (TPSA) is 98.1 Å². The van der Waals surface area contributed by atoms with Crippen LogP contribution in [0.25, 0.3) is 0 Å². The predicted molar refractivity (Wildman–Crippen MR) is 77.9 cm³/mol. The van der Waals surface area contributed by atoms with E-state index in [4.69, 9.17) is 11.5 Å². The molecule has 1 heterocycles. The summed E-state index contributed by atoms with van der Waals surface area (Å²) in [5.74, 6) is 0.244. The second kappa shape index (κ2) is 6.01. The van der Waals surface area contributed by atoms with Gasteiger partial charge in [0.1, 0.15) is 0 Å². The number of carbonyl (C=O) groups excluding carboxylic acids is 1. The van der Waals surface area contributed by atoms with Crippen LogP contribution in [0.3, 0.4) is 0 Å². The molecule has 2 rings (SSSR count). The van der Waals surface area contributed by atoms with E-state index in [0.717, 1.165) is 11.3 Å². The minimum absolute atomic E-state index is 0.0872. The van der Waals surface area contributed by atoms with Crippen LogP contribution in [0.2, 0.25) is 0 Å². The summed E-state index contributed by atoms with van der Waals surface area (Å²) in [7, 11) is 0. The first-order valence-corrected chi connectivity index (χ1v) is 6.21. The third kappa shape index (κ3) is 3.44. The first-order valence-electron chi connectivity index (χ1n) is 6.21. The highest BCUT2D eigenvalue weighted by Gasteiger charge is 2.14. The van der Waals surface area contributed by atoms with Gasteiger partial charge in [0.15, 0.2) is 5.82 Å². The molecule has 1 amide bonds. The summed E-state index contributed by atoms with van der Waals surface area (Å²) in [6, 6.07) is 7.46. The number of primary amides is 1. The van der Waals surface area contributed by atoms with E-state index in [-0.39, 0.29) is 6.54 Å². The highest BCUT2D eigenvalue weighted by atomic mass is 16.1. The van der Waals surface area contributed by atoms with Crippen LogP contribution in [0.5, 0.6) is 0 Å². The Balaban J connectivity index is 2.26. The lowest BCUT2D eigenvalue weighted by Crippen LogP contribution is -2.34. The molecule has 4 N–H and O–H groups in total. The largest absolute Gasteiger partial charge is 0.399 e. The standard InChI is InChI=1S/C14H17N5O/c1-10-14(18-7-6-17-10)19(9-13(16)20)8-11-2-4-12(15)5-3-11/h2-7H,8-9,15H2,1H3,(H2,16,20). The molecule has 2 aromatic rings. The fourth-order valence-corrected chi connectivity index (χ4v) is 1.95. The SMILES string of the molecule is Cc1nccnc1N(CC(N)=O)Cc1ccc(N)cc1. The molecule has 0 atom stereocenters. The fourth-order valence-electron chi connectivity index (χ4n) is 1.95. The van der Waals surface area contributed by atoms with E-state index in [1.807, 2.05) is 31.2 Å². The van der Waals surface area contributed by atoms with Gasteiger partial charge in [0.2, 0.25) is 5.91 Å². The van der Waals surface area contributed by atoms with Crippen LogP contribution >= 0.6 is 0 Å². The van der Waals surface area contributed by atoms with Gasteiger partial charge in [-0.1, -0.05) is 12.1 Å². The van der Waals surface area contributed by atoms with Crippen LogP contribution in [0, 0.1) is 6.92 Å². The van der Waals surface area contributed by atoms with E-state index < -0.39 is 5.91 Å². The van der Waals surface area contributed by atoms with Crippen molar-refractivity contribution in [3.05, 3.63) is 47.9 Å². The fraction of sp³-hybridized carbons (Fsp3) is 0.214. The smallest absolute Gasteiger partial charge is 0.237 e. The Morgan fingerprint density at radius 1 is 1.20 bits per heavy atom. The van der Waals surface area contributed by atoms with Crippen molar-refractivity contribution < 1.29 is 4.79 Å². The van der Waals surface area contributed by atoms with Gasteiger partial charge in [-0.25, -0.2) is 4.98 Å². The Hall–Kier alpha value is -2.63. The van der Waals surface area contributed by atoms with Crippen LogP contribution in [-0.2, 0) is 11.3 Å². The van der Waals surface area contributed by atoms with Crippen LogP contribution in [0.4, 0.5) is 11.5 Å². The summed E-state index contributed by atoms with van der Waals surface area (Å²) in [6.07, 6.45) is 3.21. The van der Waals surface area contributed by atoms with Crippen LogP contribution in [-0.4, -0.2) is 22.4 Å². The van der Waals surface area contributed by atoms with E-state index >= 15 is 0 Å². The van der Waals surface area contributed by atoms with Crippen molar-refractivity contribution in [3.8, 4) is 0 Å². The molecule has 0 saturated heterocycles. The molecule has 0 saturated carbocycles. The Morgan fingerprint density at radius 3 is 2.45 bits per heavy atom. The number of nitrogens with two attached hydrogens (primary N) is 2. The van der Waals surface area contributed by atoms with E-state index in [1.54, 1.807) is 17.3 Å². The lowest BCUT2D eigenvalue weighted by atomic mass is 10.2. The van der Waals surface area contributed by atoms with Crippen LogP contribution in [0.1, 0.15) is 11.3 Å². The summed E-state index contributed by atoms with van der Waals surface area (Å²) in [6.45, 7) is 2.45. The van der Waals surface area contributed by atoms with E-state index in [0.29, 0.717) is 18.1 Å². The Morgan fingerprint density at radius 2 is 1.85 bits per heavy atom. The lowest BCUT2D eigenvalue weighted by molar-refractivity contribution is -0.116. The average molecular weight is 271 g/mol. The molecule has 0 bridgehead atoms. The lowest BCUT2D eigenvalue weighted by Gasteiger charge is -2.23. The zero-order chi connectivity index (χ0) is 14.5. The molecule has 0 unspecified atom stereocenters. The molecule has 0 spiro atoms. The third-order valence-corrected chi connectivity index (χ3v) is 2.85. The summed E-state index contributed by atoms with van der Waals surface area (Å²) in [5.41, 5.74) is 13.4. The van der Waals surface area contributed by atoms with Gasteiger partial charge in [0, 0.05) is 24.6 Å². The van der Waals surface area contributed by atoms with Gasteiger partial charge in [0.25, 0.3) is 0 Å². The van der Waals surface area contributed by atoms with E-state index in [9.17, 15) is 4.79 Å². The number of hydrogen-bond donors (Lipinski definition) is 2. The van der Waals surface area contributed by atoms with Gasteiger partial charge in [-0.3, -0.25) is 9.78 Å². The molecule has 1 aromatic heterocycles. The average Bonchev–Trinajstić information content (AvgIpc) is 2.41.